The highest BCUT2D eigenvalue weighted by Gasteiger charge is 2.27. The van der Waals surface area contributed by atoms with E-state index < -0.39 is 6.04 Å². The molecule has 1 amide bonds. The summed E-state index contributed by atoms with van der Waals surface area (Å²) in [5, 5.41) is 0. The van der Waals surface area contributed by atoms with Crippen molar-refractivity contribution in [3.63, 3.8) is 0 Å². The third kappa shape index (κ3) is 2.69. The maximum absolute atomic E-state index is 12.4. The van der Waals surface area contributed by atoms with Crippen molar-refractivity contribution in [3.05, 3.63) is 71.3 Å². The SMILES string of the molecule is Cl.NC(C(=O)N1Cc2ccccc2C1)c1ccccc1. The fourth-order valence-corrected chi connectivity index (χ4v) is 2.49. The molecule has 0 spiro atoms. The quantitative estimate of drug-likeness (QED) is 0.923. The maximum Gasteiger partial charge on any atom is 0.244 e. The molecule has 0 aromatic heterocycles. The van der Waals surface area contributed by atoms with Gasteiger partial charge in [0.1, 0.15) is 6.04 Å². The van der Waals surface area contributed by atoms with Crippen molar-refractivity contribution in [1.29, 1.82) is 0 Å². The maximum atomic E-state index is 12.4. The summed E-state index contributed by atoms with van der Waals surface area (Å²) in [5.74, 6) is -0.0117. The van der Waals surface area contributed by atoms with E-state index in [0.717, 1.165) is 5.56 Å². The summed E-state index contributed by atoms with van der Waals surface area (Å²) in [6.07, 6.45) is 0. The van der Waals surface area contributed by atoms with Crippen LogP contribution in [0.2, 0.25) is 0 Å². The van der Waals surface area contributed by atoms with E-state index in [0.29, 0.717) is 13.1 Å². The van der Waals surface area contributed by atoms with Crippen molar-refractivity contribution in [2.24, 2.45) is 5.73 Å². The Morgan fingerprint density at radius 1 is 0.950 bits per heavy atom. The molecule has 4 heteroatoms. The molecule has 2 N–H and O–H groups in total. The number of hydrogen-bond acceptors (Lipinski definition) is 2. The number of rotatable bonds is 2. The second kappa shape index (κ2) is 6.07. The van der Waals surface area contributed by atoms with Crippen LogP contribution in [0.25, 0.3) is 0 Å². The smallest absolute Gasteiger partial charge is 0.244 e. The Morgan fingerprint density at radius 3 is 2.00 bits per heavy atom. The van der Waals surface area contributed by atoms with Gasteiger partial charge in [0, 0.05) is 13.1 Å². The molecule has 0 radical (unpaired) electrons. The van der Waals surface area contributed by atoms with Crippen LogP contribution in [0, 0.1) is 0 Å². The van der Waals surface area contributed by atoms with Crippen molar-refractivity contribution in [2.45, 2.75) is 19.1 Å². The number of amides is 1. The molecule has 0 bridgehead atoms. The molecule has 0 saturated carbocycles. The Kier molecular flexibility index (Phi) is 4.42. The largest absolute Gasteiger partial charge is 0.332 e. The van der Waals surface area contributed by atoms with E-state index in [1.807, 2.05) is 47.4 Å². The average Bonchev–Trinajstić information content (AvgIpc) is 2.90. The predicted molar refractivity (Wildman–Crippen MR) is 81.3 cm³/mol. The summed E-state index contributed by atoms with van der Waals surface area (Å²) < 4.78 is 0. The zero-order valence-corrected chi connectivity index (χ0v) is 11.8. The second-order valence-electron chi connectivity index (χ2n) is 4.85. The van der Waals surface area contributed by atoms with Gasteiger partial charge in [-0.3, -0.25) is 4.79 Å². The van der Waals surface area contributed by atoms with Crippen LogP contribution < -0.4 is 5.73 Å². The zero-order chi connectivity index (χ0) is 13.2. The number of fused-ring (bicyclic) bond motifs is 1. The number of nitrogens with zero attached hydrogens (tertiary/aromatic N) is 1. The minimum absolute atomic E-state index is 0. The van der Waals surface area contributed by atoms with Crippen LogP contribution in [0.3, 0.4) is 0 Å². The van der Waals surface area contributed by atoms with Gasteiger partial charge < -0.3 is 10.6 Å². The topological polar surface area (TPSA) is 46.3 Å². The Balaban J connectivity index is 0.00000147. The molecule has 2 aromatic carbocycles. The van der Waals surface area contributed by atoms with Crippen molar-refractivity contribution >= 4 is 18.3 Å². The first kappa shape index (κ1) is 14.6. The van der Waals surface area contributed by atoms with Gasteiger partial charge in [-0.15, -0.1) is 12.4 Å². The number of nitrogens with two attached hydrogens (primary N) is 1. The minimum atomic E-state index is -0.574. The van der Waals surface area contributed by atoms with E-state index in [2.05, 4.69) is 12.1 Å². The molecule has 104 valence electrons. The van der Waals surface area contributed by atoms with Gasteiger partial charge in [-0.2, -0.15) is 0 Å². The number of halogens is 1. The number of carbonyl (C=O) groups excluding carboxylic acids is 1. The average molecular weight is 289 g/mol. The molecule has 1 atom stereocenters. The Morgan fingerprint density at radius 2 is 1.45 bits per heavy atom. The highest BCUT2D eigenvalue weighted by Crippen LogP contribution is 2.25. The zero-order valence-electron chi connectivity index (χ0n) is 11.0. The third-order valence-electron chi connectivity index (χ3n) is 3.58. The van der Waals surface area contributed by atoms with Crippen LogP contribution in [-0.2, 0) is 17.9 Å². The molecular weight excluding hydrogens is 272 g/mol. The minimum Gasteiger partial charge on any atom is -0.332 e. The molecule has 1 heterocycles. The summed E-state index contributed by atoms with van der Waals surface area (Å²) in [6, 6.07) is 17.1. The van der Waals surface area contributed by atoms with E-state index in [1.54, 1.807) is 0 Å². The van der Waals surface area contributed by atoms with Crippen LogP contribution in [-0.4, -0.2) is 10.8 Å². The monoisotopic (exact) mass is 288 g/mol. The van der Waals surface area contributed by atoms with Gasteiger partial charge in [0.15, 0.2) is 0 Å². The van der Waals surface area contributed by atoms with Gasteiger partial charge in [-0.05, 0) is 16.7 Å². The first-order valence-corrected chi connectivity index (χ1v) is 6.42. The number of carbonyl (C=O) groups is 1. The lowest BCUT2D eigenvalue weighted by Crippen LogP contribution is -2.35. The van der Waals surface area contributed by atoms with Gasteiger partial charge in [-0.1, -0.05) is 54.6 Å². The van der Waals surface area contributed by atoms with E-state index in [4.69, 9.17) is 5.73 Å². The summed E-state index contributed by atoms with van der Waals surface area (Å²) >= 11 is 0. The van der Waals surface area contributed by atoms with E-state index in [1.165, 1.54) is 11.1 Å². The van der Waals surface area contributed by atoms with E-state index >= 15 is 0 Å². The van der Waals surface area contributed by atoms with Crippen molar-refractivity contribution in [2.75, 3.05) is 0 Å². The van der Waals surface area contributed by atoms with E-state index in [9.17, 15) is 4.79 Å². The predicted octanol–water partition coefficient (Wildman–Crippen LogP) is 2.65. The van der Waals surface area contributed by atoms with Crippen LogP contribution in [0.15, 0.2) is 54.6 Å². The lowest BCUT2D eigenvalue weighted by molar-refractivity contribution is -0.133. The van der Waals surface area contributed by atoms with Crippen LogP contribution in [0.5, 0.6) is 0 Å². The van der Waals surface area contributed by atoms with Crippen LogP contribution >= 0.6 is 12.4 Å². The van der Waals surface area contributed by atoms with Gasteiger partial charge in [0.05, 0.1) is 0 Å². The fourth-order valence-electron chi connectivity index (χ4n) is 2.49. The molecule has 1 unspecified atom stereocenters. The van der Waals surface area contributed by atoms with Gasteiger partial charge >= 0.3 is 0 Å². The van der Waals surface area contributed by atoms with Crippen LogP contribution in [0.1, 0.15) is 22.7 Å². The normalized spacial score (nSPS) is 14.3. The molecular formula is C16H17ClN2O. The summed E-state index contributed by atoms with van der Waals surface area (Å²) in [4.78, 5) is 14.2. The lowest BCUT2D eigenvalue weighted by atomic mass is 10.1. The molecule has 0 saturated heterocycles. The Hall–Kier alpha value is -1.84. The summed E-state index contributed by atoms with van der Waals surface area (Å²) in [5.41, 5.74) is 9.36. The molecule has 3 nitrogen and oxygen atoms in total. The summed E-state index contributed by atoms with van der Waals surface area (Å²) in [6.45, 7) is 1.32. The van der Waals surface area contributed by atoms with Crippen molar-refractivity contribution < 1.29 is 4.79 Å². The fraction of sp³-hybridized carbons (Fsp3) is 0.188. The Labute approximate surface area is 124 Å². The van der Waals surface area contributed by atoms with Gasteiger partial charge in [0.25, 0.3) is 0 Å². The van der Waals surface area contributed by atoms with Crippen molar-refractivity contribution in [3.8, 4) is 0 Å². The summed E-state index contributed by atoms with van der Waals surface area (Å²) in [7, 11) is 0. The number of hydrogen-bond donors (Lipinski definition) is 1. The second-order valence-corrected chi connectivity index (χ2v) is 4.85. The Bertz CT molecular complexity index is 575. The molecule has 2 aromatic rings. The highest BCUT2D eigenvalue weighted by molar-refractivity contribution is 5.85. The van der Waals surface area contributed by atoms with Crippen LogP contribution in [0.4, 0.5) is 0 Å². The van der Waals surface area contributed by atoms with Crippen molar-refractivity contribution in [1.82, 2.24) is 4.90 Å². The first-order valence-electron chi connectivity index (χ1n) is 6.42. The molecule has 1 aliphatic rings. The first-order chi connectivity index (χ1) is 9.25. The lowest BCUT2D eigenvalue weighted by Gasteiger charge is -2.20. The molecule has 20 heavy (non-hydrogen) atoms. The van der Waals surface area contributed by atoms with E-state index in [-0.39, 0.29) is 18.3 Å². The molecule has 1 aliphatic heterocycles. The highest BCUT2D eigenvalue weighted by atomic mass is 35.5. The number of benzene rings is 2. The standard InChI is InChI=1S/C16H16N2O.ClH/c17-15(12-6-2-1-3-7-12)16(19)18-10-13-8-4-5-9-14(13)11-18;/h1-9,15H,10-11,17H2;1H. The van der Waals surface area contributed by atoms with Gasteiger partial charge in [-0.25, -0.2) is 0 Å². The third-order valence-corrected chi connectivity index (χ3v) is 3.58. The molecule has 0 aliphatic carbocycles. The molecule has 0 fully saturated rings. The van der Waals surface area contributed by atoms with Gasteiger partial charge in [0.2, 0.25) is 5.91 Å². The molecule has 3 rings (SSSR count).